The van der Waals surface area contributed by atoms with E-state index < -0.39 is 5.97 Å². The van der Waals surface area contributed by atoms with Crippen molar-refractivity contribution in [1.29, 1.82) is 0 Å². The monoisotopic (exact) mass is 255 g/mol. The molecule has 0 atom stereocenters. The minimum Gasteiger partial charge on any atom is -0.478 e. The van der Waals surface area contributed by atoms with Gasteiger partial charge in [0.2, 0.25) is 0 Å². The van der Waals surface area contributed by atoms with E-state index in [0.717, 1.165) is 21.0 Å². The first-order chi connectivity index (χ1) is 8.74. The van der Waals surface area contributed by atoms with Crippen LogP contribution in [0.25, 0.3) is 0 Å². The Hall–Kier alpha value is -2.07. The second-order valence-electron chi connectivity index (χ2n) is 3.89. The standard InChI is InChI=1S/C14H9NO2S/c16-14(17)9-5-6-10-8-15-11-3-1-2-4-12(11)18-13(10)7-9/h1-8H,(H,16,17). The molecule has 3 rings (SSSR count). The van der Waals surface area contributed by atoms with Crippen molar-refractivity contribution in [2.45, 2.75) is 9.79 Å². The summed E-state index contributed by atoms with van der Waals surface area (Å²) in [5, 5.41) is 9.01. The van der Waals surface area contributed by atoms with Crippen molar-refractivity contribution in [3.8, 4) is 0 Å². The number of carbonyl (C=O) groups is 1. The zero-order valence-corrected chi connectivity index (χ0v) is 10.1. The number of benzene rings is 2. The largest absolute Gasteiger partial charge is 0.478 e. The molecule has 0 saturated heterocycles. The van der Waals surface area contributed by atoms with Crippen LogP contribution in [0.1, 0.15) is 15.9 Å². The SMILES string of the molecule is O=C(O)c1ccc2c(c1)Sc1ccccc1N=C2. The maximum Gasteiger partial charge on any atom is 0.335 e. The van der Waals surface area contributed by atoms with E-state index in [2.05, 4.69) is 4.99 Å². The Kier molecular flexibility index (Phi) is 2.64. The molecule has 0 aromatic heterocycles. The summed E-state index contributed by atoms with van der Waals surface area (Å²) in [6.45, 7) is 0. The Morgan fingerprint density at radius 1 is 1.11 bits per heavy atom. The van der Waals surface area contributed by atoms with Crippen molar-refractivity contribution in [2.24, 2.45) is 4.99 Å². The predicted molar refractivity (Wildman–Crippen MR) is 71.2 cm³/mol. The highest BCUT2D eigenvalue weighted by Gasteiger charge is 2.13. The Morgan fingerprint density at radius 3 is 2.78 bits per heavy atom. The van der Waals surface area contributed by atoms with Crippen LogP contribution in [0.2, 0.25) is 0 Å². The smallest absolute Gasteiger partial charge is 0.335 e. The van der Waals surface area contributed by atoms with Crippen LogP contribution in [0, 0.1) is 0 Å². The minimum absolute atomic E-state index is 0.300. The van der Waals surface area contributed by atoms with E-state index in [4.69, 9.17) is 5.11 Å². The molecule has 0 bridgehead atoms. The molecule has 0 amide bonds. The summed E-state index contributed by atoms with van der Waals surface area (Å²) in [7, 11) is 0. The van der Waals surface area contributed by atoms with Gasteiger partial charge < -0.3 is 5.11 Å². The summed E-state index contributed by atoms with van der Waals surface area (Å²) in [5.41, 5.74) is 2.16. The Balaban J connectivity index is 2.13. The molecule has 1 aliphatic heterocycles. The molecule has 0 fully saturated rings. The summed E-state index contributed by atoms with van der Waals surface area (Å²) in [6.07, 6.45) is 1.78. The fraction of sp³-hybridized carbons (Fsp3) is 0. The number of fused-ring (bicyclic) bond motifs is 2. The van der Waals surface area contributed by atoms with Gasteiger partial charge in [0.15, 0.2) is 0 Å². The van der Waals surface area contributed by atoms with Crippen molar-refractivity contribution < 1.29 is 9.90 Å². The molecule has 3 nitrogen and oxygen atoms in total. The summed E-state index contributed by atoms with van der Waals surface area (Å²) in [5.74, 6) is -0.909. The van der Waals surface area contributed by atoms with Gasteiger partial charge in [-0.25, -0.2) is 4.79 Å². The number of carboxylic acids is 1. The van der Waals surface area contributed by atoms with Gasteiger partial charge in [0.25, 0.3) is 0 Å². The highest BCUT2D eigenvalue weighted by molar-refractivity contribution is 7.99. The lowest BCUT2D eigenvalue weighted by atomic mass is 10.1. The van der Waals surface area contributed by atoms with Crippen LogP contribution < -0.4 is 0 Å². The second kappa shape index (κ2) is 4.31. The zero-order valence-electron chi connectivity index (χ0n) is 9.33. The van der Waals surface area contributed by atoms with Gasteiger partial charge >= 0.3 is 5.97 Å². The fourth-order valence-electron chi connectivity index (χ4n) is 1.77. The molecule has 0 saturated carbocycles. The first-order valence-electron chi connectivity index (χ1n) is 5.42. The lowest BCUT2D eigenvalue weighted by Gasteiger charge is -2.05. The lowest BCUT2D eigenvalue weighted by molar-refractivity contribution is 0.0696. The lowest BCUT2D eigenvalue weighted by Crippen LogP contribution is -1.97. The van der Waals surface area contributed by atoms with Crippen molar-refractivity contribution in [3.05, 3.63) is 53.6 Å². The zero-order chi connectivity index (χ0) is 12.5. The summed E-state index contributed by atoms with van der Waals surface area (Å²) >= 11 is 1.55. The molecule has 4 heteroatoms. The number of rotatable bonds is 1. The van der Waals surface area contributed by atoms with Crippen LogP contribution in [-0.4, -0.2) is 17.3 Å². The summed E-state index contributed by atoms with van der Waals surface area (Å²) in [6, 6.07) is 12.9. The van der Waals surface area contributed by atoms with Crippen molar-refractivity contribution in [3.63, 3.8) is 0 Å². The van der Waals surface area contributed by atoms with E-state index >= 15 is 0 Å². The number of nitrogens with zero attached hydrogens (tertiary/aromatic N) is 1. The maximum absolute atomic E-state index is 11.0. The number of para-hydroxylation sites is 1. The Bertz CT molecular complexity index is 665. The Labute approximate surface area is 108 Å². The number of carboxylic acid groups (broad SMARTS) is 1. The molecule has 18 heavy (non-hydrogen) atoms. The van der Waals surface area contributed by atoms with E-state index in [9.17, 15) is 4.79 Å². The molecule has 1 heterocycles. The van der Waals surface area contributed by atoms with Crippen LogP contribution in [0.3, 0.4) is 0 Å². The van der Waals surface area contributed by atoms with Crippen LogP contribution in [-0.2, 0) is 0 Å². The average Bonchev–Trinajstić information content (AvgIpc) is 2.56. The molecule has 0 unspecified atom stereocenters. The number of aliphatic imine (C=N–C) groups is 1. The van der Waals surface area contributed by atoms with Crippen LogP contribution in [0.15, 0.2) is 57.2 Å². The highest BCUT2D eigenvalue weighted by atomic mass is 32.2. The Morgan fingerprint density at radius 2 is 1.94 bits per heavy atom. The molecule has 1 aliphatic rings. The van der Waals surface area contributed by atoms with Gasteiger partial charge in [-0.05, 0) is 24.3 Å². The van der Waals surface area contributed by atoms with Gasteiger partial charge in [0.1, 0.15) is 0 Å². The molecule has 2 aromatic rings. The average molecular weight is 255 g/mol. The highest BCUT2D eigenvalue weighted by Crippen LogP contribution is 2.38. The summed E-state index contributed by atoms with van der Waals surface area (Å²) < 4.78 is 0. The molecule has 2 aromatic carbocycles. The molecule has 0 aliphatic carbocycles. The third kappa shape index (κ3) is 1.91. The first-order valence-corrected chi connectivity index (χ1v) is 6.24. The molecule has 0 spiro atoms. The van der Waals surface area contributed by atoms with Gasteiger partial charge in [-0.1, -0.05) is 30.0 Å². The number of hydrogen-bond donors (Lipinski definition) is 1. The second-order valence-corrected chi connectivity index (χ2v) is 4.97. The van der Waals surface area contributed by atoms with E-state index in [-0.39, 0.29) is 0 Å². The minimum atomic E-state index is -0.909. The first kappa shape index (κ1) is 11.0. The third-order valence-electron chi connectivity index (χ3n) is 2.69. The van der Waals surface area contributed by atoms with Crippen molar-refractivity contribution in [1.82, 2.24) is 0 Å². The topological polar surface area (TPSA) is 49.7 Å². The van der Waals surface area contributed by atoms with Crippen molar-refractivity contribution in [2.75, 3.05) is 0 Å². The van der Waals surface area contributed by atoms with Gasteiger partial charge in [-0.15, -0.1) is 0 Å². The van der Waals surface area contributed by atoms with E-state index in [1.54, 1.807) is 36.2 Å². The number of aromatic carboxylic acids is 1. The molecule has 1 N–H and O–H groups in total. The quantitative estimate of drug-likeness (QED) is 0.722. The van der Waals surface area contributed by atoms with Crippen LogP contribution >= 0.6 is 11.8 Å². The van der Waals surface area contributed by atoms with Crippen LogP contribution in [0.4, 0.5) is 5.69 Å². The van der Waals surface area contributed by atoms with Gasteiger partial charge in [-0.3, -0.25) is 4.99 Å². The van der Waals surface area contributed by atoms with E-state index in [1.165, 1.54) is 0 Å². The molecule has 88 valence electrons. The fourth-order valence-corrected chi connectivity index (χ4v) is 2.80. The van der Waals surface area contributed by atoms with Gasteiger partial charge in [-0.2, -0.15) is 0 Å². The summed E-state index contributed by atoms with van der Waals surface area (Å²) in [4.78, 5) is 17.3. The normalized spacial score (nSPS) is 12.4. The molecular formula is C14H9NO2S. The van der Waals surface area contributed by atoms with Crippen molar-refractivity contribution >= 4 is 29.6 Å². The number of hydrogen-bond acceptors (Lipinski definition) is 3. The molecular weight excluding hydrogens is 246 g/mol. The van der Waals surface area contributed by atoms with E-state index in [1.807, 2.05) is 24.3 Å². The maximum atomic E-state index is 11.0. The van der Waals surface area contributed by atoms with Crippen LogP contribution in [0.5, 0.6) is 0 Å². The van der Waals surface area contributed by atoms with Gasteiger partial charge in [0, 0.05) is 21.6 Å². The van der Waals surface area contributed by atoms with Gasteiger partial charge in [0.05, 0.1) is 11.3 Å². The predicted octanol–water partition coefficient (Wildman–Crippen LogP) is 3.60. The third-order valence-corrected chi connectivity index (χ3v) is 3.83. The molecule has 0 radical (unpaired) electrons. The van der Waals surface area contributed by atoms with E-state index in [0.29, 0.717) is 5.56 Å².